The summed E-state index contributed by atoms with van der Waals surface area (Å²) in [5, 5.41) is 3.14. The van der Waals surface area contributed by atoms with Gasteiger partial charge in [0.05, 0.1) is 0 Å². The maximum Gasteiger partial charge on any atom is 0.220 e. The molecule has 1 amide bonds. The van der Waals surface area contributed by atoms with Gasteiger partial charge in [-0.25, -0.2) is 0 Å². The molecule has 0 aromatic rings. The third kappa shape index (κ3) is 3.66. The molecule has 1 rings (SSSR count). The molecule has 0 spiro atoms. The third-order valence-electron chi connectivity index (χ3n) is 3.01. The zero-order valence-corrected chi connectivity index (χ0v) is 9.14. The minimum Gasteiger partial charge on any atom is -0.351 e. The van der Waals surface area contributed by atoms with Crippen LogP contribution in [-0.2, 0) is 4.79 Å². The molecule has 0 aromatic carbocycles. The minimum atomic E-state index is 0.0595. The second kappa shape index (κ2) is 5.35. The minimum absolute atomic E-state index is 0.0595. The van der Waals surface area contributed by atoms with Crippen molar-refractivity contribution in [2.24, 2.45) is 5.73 Å². The summed E-state index contributed by atoms with van der Waals surface area (Å²) in [6, 6.07) is 0. The van der Waals surface area contributed by atoms with Crippen molar-refractivity contribution in [3.8, 4) is 0 Å². The van der Waals surface area contributed by atoms with Crippen LogP contribution in [0.25, 0.3) is 0 Å². The van der Waals surface area contributed by atoms with Crippen LogP contribution in [0.5, 0.6) is 0 Å². The molecule has 1 fully saturated rings. The maximum absolute atomic E-state index is 11.5. The van der Waals surface area contributed by atoms with Crippen LogP contribution in [-0.4, -0.2) is 18.0 Å². The Morgan fingerprint density at radius 3 is 2.57 bits per heavy atom. The number of nitrogens with two attached hydrogens (primary N) is 1. The summed E-state index contributed by atoms with van der Waals surface area (Å²) in [6.45, 7) is 2.76. The highest BCUT2D eigenvalue weighted by molar-refractivity contribution is 5.76. The highest BCUT2D eigenvalue weighted by Gasteiger charge is 2.27. The van der Waals surface area contributed by atoms with E-state index in [2.05, 4.69) is 12.2 Å². The number of hydrogen-bond acceptors (Lipinski definition) is 2. The Morgan fingerprint density at radius 1 is 1.36 bits per heavy atom. The van der Waals surface area contributed by atoms with Gasteiger partial charge >= 0.3 is 0 Å². The number of carbonyl (C=O) groups excluding carboxylic acids is 1. The van der Waals surface area contributed by atoms with Crippen LogP contribution in [0, 0.1) is 0 Å². The van der Waals surface area contributed by atoms with Gasteiger partial charge in [-0.3, -0.25) is 4.79 Å². The van der Waals surface area contributed by atoms with Crippen molar-refractivity contribution in [2.45, 2.75) is 57.4 Å². The van der Waals surface area contributed by atoms with Gasteiger partial charge < -0.3 is 11.1 Å². The summed E-state index contributed by atoms with van der Waals surface area (Å²) < 4.78 is 0. The fourth-order valence-electron chi connectivity index (χ4n) is 2.12. The molecule has 0 heterocycles. The van der Waals surface area contributed by atoms with Gasteiger partial charge in [-0.15, -0.1) is 0 Å². The molecule has 0 saturated heterocycles. The van der Waals surface area contributed by atoms with Crippen molar-refractivity contribution in [3.63, 3.8) is 0 Å². The second-order valence-electron chi connectivity index (χ2n) is 4.56. The Hall–Kier alpha value is -0.570. The SMILES string of the molecule is CC1(NC(=O)CCCN)CCCCC1. The lowest BCUT2D eigenvalue weighted by atomic mass is 9.83. The maximum atomic E-state index is 11.5. The first-order valence-corrected chi connectivity index (χ1v) is 5.67. The van der Waals surface area contributed by atoms with Crippen LogP contribution in [0.1, 0.15) is 51.9 Å². The largest absolute Gasteiger partial charge is 0.351 e. The van der Waals surface area contributed by atoms with E-state index in [1.54, 1.807) is 0 Å². The molecule has 0 unspecified atom stereocenters. The summed E-state index contributed by atoms with van der Waals surface area (Å²) in [6.07, 6.45) is 7.42. The molecule has 0 bridgehead atoms. The van der Waals surface area contributed by atoms with Crippen molar-refractivity contribution < 1.29 is 4.79 Å². The Labute approximate surface area is 86.4 Å². The van der Waals surface area contributed by atoms with E-state index in [1.807, 2.05) is 0 Å². The molecule has 3 nitrogen and oxygen atoms in total. The monoisotopic (exact) mass is 198 g/mol. The van der Waals surface area contributed by atoms with E-state index in [-0.39, 0.29) is 11.4 Å². The lowest BCUT2D eigenvalue weighted by Gasteiger charge is -2.34. The van der Waals surface area contributed by atoms with Crippen molar-refractivity contribution in [1.29, 1.82) is 0 Å². The normalized spacial score (nSPS) is 20.4. The third-order valence-corrected chi connectivity index (χ3v) is 3.01. The molecular weight excluding hydrogens is 176 g/mol. The van der Waals surface area contributed by atoms with Crippen LogP contribution >= 0.6 is 0 Å². The van der Waals surface area contributed by atoms with E-state index < -0.39 is 0 Å². The Balaban J connectivity index is 2.29. The standard InChI is InChI=1S/C11H22N2O/c1-11(7-3-2-4-8-11)13-10(14)6-5-9-12/h2-9,12H2,1H3,(H,13,14). The lowest BCUT2D eigenvalue weighted by Crippen LogP contribution is -2.47. The quantitative estimate of drug-likeness (QED) is 0.720. The first-order chi connectivity index (χ1) is 6.66. The predicted molar refractivity (Wildman–Crippen MR) is 57.9 cm³/mol. The van der Waals surface area contributed by atoms with Crippen LogP contribution in [0.3, 0.4) is 0 Å². The molecule has 1 aliphatic rings. The van der Waals surface area contributed by atoms with Gasteiger partial charge in [0, 0.05) is 12.0 Å². The molecule has 82 valence electrons. The molecule has 14 heavy (non-hydrogen) atoms. The summed E-state index contributed by atoms with van der Waals surface area (Å²) >= 11 is 0. The molecule has 0 atom stereocenters. The number of amides is 1. The van der Waals surface area contributed by atoms with Gasteiger partial charge in [-0.1, -0.05) is 19.3 Å². The summed E-state index contributed by atoms with van der Waals surface area (Å²) in [5.74, 6) is 0.167. The molecule has 0 aromatic heterocycles. The Kier molecular flexibility index (Phi) is 4.39. The van der Waals surface area contributed by atoms with Crippen LogP contribution in [0.4, 0.5) is 0 Å². The molecule has 3 N–H and O–H groups in total. The van der Waals surface area contributed by atoms with Gasteiger partial charge in [0.1, 0.15) is 0 Å². The first-order valence-electron chi connectivity index (χ1n) is 5.67. The summed E-state index contributed by atoms with van der Waals surface area (Å²) in [5.41, 5.74) is 5.42. The highest BCUT2D eigenvalue weighted by atomic mass is 16.1. The van der Waals surface area contributed by atoms with Crippen LogP contribution in [0.15, 0.2) is 0 Å². The molecule has 0 radical (unpaired) electrons. The first kappa shape index (κ1) is 11.5. The number of hydrogen-bond donors (Lipinski definition) is 2. The van der Waals surface area contributed by atoms with Gasteiger partial charge in [-0.05, 0) is 32.7 Å². The lowest BCUT2D eigenvalue weighted by molar-refractivity contribution is -0.123. The van der Waals surface area contributed by atoms with Crippen LogP contribution in [0.2, 0.25) is 0 Å². The fraction of sp³-hybridized carbons (Fsp3) is 0.909. The average molecular weight is 198 g/mol. The van der Waals surface area contributed by atoms with E-state index in [0.717, 1.165) is 19.3 Å². The van der Waals surface area contributed by atoms with E-state index in [1.165, 1.54) is 19.3 Å². The average Bonchev–Trinajstić information content (AvgIpc) is 2.15. The van der Waals surface area contributed by atoms with Crippen molar-refractivity contribution >= 4 is 5.91 Å². The van der Waals surface area contributed by atoms with Gasteiger partial charge in [0.25, 0.3) is 0 Å². The molecule has 0 aliphatic heterocycles. The second-order valence-corrected chi connectivity index (χ2v) is 4.56. The van der Waals surface area contributed by atoms with E-state index >= 15 is 0 Å². The number of nitrogens with one attached hydrogen (secondary N) is 1. The Bertz CT molecular complexity index is 186. The molecule has 3 heteroatoms. The molecule has 1 aliphatic carbocycles. The van der Waals surface area contributed by atoms with Crippen molar-refractivity contribution in [3.05, 3.63) is 0 Å². The van der Waals surface area contributed by atoms with E-state index in [0.29, 0.717) is 13.0 Å². The zero-order chi connectivity index (χ0) is 10.4. The van der Waals surface area contributed by atoms with Crippen molar-refractivity contribution in [1.82, 2.24) is 5.32 Å². The topological polar surface area (TPSA) is 55.1 Å². The predicted octanol–water partition coefficient (Wildman–Crippen LogP) is 1.56. The number of carbonyl (C=O) groups is 1. The van der Waals surface area contributed by atoms with Gasteiger partial charge in [0.2, 0.25) is 5.91 Å². The Morgan fingerprint density at radius 2 is 2.00 bits per heavy atom. The highest BCUT2D eigenvalue weighted by Crippen LogP contribution is 2.27. The smallest absolute Gasteiger partial charge is 0.220 e. The van der Waals surface area contributed by atoms with E-state index in [9.17, 15) is 4.79 Å². The van der Waals surface area contributed by atoms with Crippen molar-refractivity contribution in [2.75, 3.05) is 6.54 Å². The number of rotatable bonds is 4. The fourth-order valence-corrected chi connectivity index (χ4v) is 2.12. The molecular formula is C11H22N2O. The zero-order valence-electron chi connectivity index (χ0n) is 9.14. The van der Waals surface area contributed by atoms with E-state index in [4.69, 9.17) is 5.73 Å². The van der Waals surface area contributed by atoms with Gasteiger partial charge in [0.15, 0.2) is 0 Å². The van der Waals surface area contributed by atoms with Gasteiger partial charge in [-0.2, -0.15) is 0 Å². The molecule has 1 saturated carbocycles. The summed E-state index contributed by atoms with van der Waals surface area (Å²) in [4.78, 5) is 11.5. The summed E-state index contributed by atoms with van der Waals surface area (Å²) in [7, 11) is 0. The van der Waals surface area contributed by atoms with Crippen LogP contribution < -0.4 is 11.1 Å².